The van der Waals surface area contributed by atoms with E-state index in [1.807, 2.05) is 0 Å². The molecule has 5 nitrogen and oxygen atoms in total. The van der Waals surface area contributed by atoms with Crippen molar-refractivity contribution in [2.24, 2.45) is 11.8 Å². The normalized spacial score (nSPS) is 17.8. The molecule has 0 spiro atoms. The van der Waals surface area contributed by atoms with Crippen LogP contribution in [-0.2, 0) is 38.5 Å². The third kappa shape index (κ3) is 24.8. The first-order valence-electron chi connectivity index (χ1n) is 33.6. The molecule has 77 heavy (non-hydrogen) atoms. The highest BCUT2D eigenvalue weighted by Crippen LogP contribution is 2.41. The second kappa shape index (κ2) is 38.9. The van der Waals surface area contributed by atoms with E-state index in [-0.39, 0.29) is 0 Å². The maximum atomic E-state index is 7.28. The molecule has 6 rings (SSSR count). The van der Waals surface area contributed by atoms with Crippen molar-refractivity contribution in [3.8, 4) is 11.5 Å². The van der Waals surface area contributed by atoms with Crippen LogP contribution in [0.3, 0.4) is 0 Å². The summed E-state index contributed by atoms with van der Waals surface area (Å²) in [5.74, 6) is 6.57. The van der Waals surface area contributed by atoms with Gasteiger partial charge in [-0.25, -0.2) is 19.9 Å². The Morgan fingerprint density at radius 2 is 0.597 bits per heavy atom. The summed E-state index contributed by atoms with van der Waals surface area (Å²) in [6, 6.07) is 14.6. The molecular formula is C72H114N4O. The van der Waals surface area contributed by atoms with Crippen molar-refractivity contribution in [3.63, 3.8) is 0 Å². The summed E-state index contributed by atoms with van der Waals surface area (Å²) >= 11 is 0. The fourth-order valence-electron chi connectivity index (χ4n) is 13.0. The molecule has 0 amide bonds. The number of rotatable bonds is 42. The van der Waals surface area contributed by atoms with Gasteiger partial charge in [0.15, 0.2) is 0 Å². The molecule has 2 aromatic heterocycles. The minimum absolute atomic E-state index is 0.474. The topological polar surface area (TPSA) is 60.8 Å². The lowest BCUT2D eigenvalue weighted by Crippen LogP contribution is -2.18. The molecular weight excluding hydrogens is 937 g/mol. The maximum Gasteiger partial charge on any atom is 0.131 e. The largest absolute Gasteiger partial charge is 0.457 e. The van der Waals surface area contributed by atoms with Gasteiger partial charge < -0.3 is 4.74 Å². The number of ether oxygens (including phenoxy) is 1. The van der Waals surface area contributed by atoms with Gasteiger partial charge in [-0.2, -0.15) is 0 Å². The molecule has 0 unspecified atom stereocenters. The zero-order valence-corrected chi connectivity index (χ0v) is 50.4. The molecule has 0 aliphatic heterocycles. The first-order valence-corrected chi connectivity index (χ1v) is 33.6. The monoisotopic (exact) mass is 1050 g/mol. The van der Waals surface area contributed by atoms with Gasteiger partial charge in [0.05, 0.1) is 0 Å². The van der Waals surface area contributed by atoms with Crippen LogP contribution in [-0.4, -0.2) is 19.9 Å². The number of aryl methyl sites for hydroxylation is 4. The molecule has 0 bridgehead atoms. The predicted octanol–water partition coefficient (Wildman–Crippen LogP) is 22.0. The average Bonchev–Trinajstić information content (AvgIpc) is 3.46. The average molecular weight is 1050 g/mol. The van der Waals surface area contributed by atoms with E-state index in [9.17, 15) is 0 Å². The van der Waals surface area contributed by atoms with Crippen molar-refractivity contribution in [2.75, 3.05) is 0 Å². The number of benzene rings is 2. The van der Waals surface area contributed by atoms with Crippen LogP contribution in [0.15, 0.2) is 61.2 Å². The maximum absolute atomic E-state index is 7.28. The fraction of sp³-hybridized carbons (Fsp3) is 0.722. The predicted molar refractivity (Wildman–Crippen MR) is 330 cm³/mol. The van der Waals surface area contributed by atoms with Gasteiger partial charge >= 0.3 is 0 Å². The van der Waals surface area contributed by atoms with Crippen molar-refractivity contribution >= 4 is 0 Å². The molecule has 0 saturated heterocycles. The number of aromatic nitrogens is 4. The van der Waals surface area contributed by atoms with Crippen LogP contribution in [0.5, 0.6) is 11.5 Å². The van der Waals surface area contributed by atoms with Crippen LogP contribution < -0.4 is 4.74 Å². The minimum atomic E-state index is 0.474. The van der Waals surface area contributed by atoms with Gasteiger partial charge in [0.25, 0.3) is 0 Å². The summed E-state index contributed by atoms with van der Waals surface area (Å²) in [5, 5.41) is 0. The molecule has 0 N–H and O–H groups in total. The number of unbranched alkanes of at least 4 members (excludes halogenated alkanes) is 26. The van der Waals surface area contributed by atoms with Gasteiger partial charge in [-0.3, -0.25) is 0 Å². The Hall–Kier alpha value is -3.60. The number of nitrogens with zero attached hydrogens (tertiary/aromatic N) is 4. The highest BCUT2D eigenvalue weighted by atomic mass is 16.5. The molecule has 428 valence electrons. The molecule has 0 radical (unpaired) electrons. The summed E-state index contributed by atoms with van der Waals surface area (Å²) < 4.78 is 7.28. The SMILES string of the molecule is CCCCCCCCCCc1cnc(C2CCC(Cc3cc(CCCCCCCCC)ccc3Oc3ccc(CCCCCCCCC)cc3CC3CCC(c4ncc(CCCCCCCCCC)cn4)CC3)CC2)nc1. The second-order valence-corrected chi connectivity index (χ2v) is 24.9. The van der Waals surface area contributed by atoms with E-state index >= 15 is 0 Å². The molecule has 2 heterocycles. The van der Waals surface area contributed by atoms with Gasteiger partial charge in [-0.1, -0.05) is 219 Å². The Morgan fingerprint density at radius 1 is 0.325 bits per heavy atom. The van der Waals surface area contributed by atoms with Crippen LogP contribution in [0.25, 0.3) is 0 Å². The lowest BCUT2D eigenvalue weighted by Gasteiger charge is -2.29. The third-order valence-corrected chi connectivity index (χ3v) is 18.1. The van der Waals surface area contributed by atoms with Crippen LogP contribution in [0.1, 0.15) is 329 Å². The Balaban J connectivity index is 1.08. The summed E-state index contributed by atoms with van der Waals surface area (Å²) in [7, 11) is 0. The van der Waals surface area contributed by atoms with Crippen LogP contribution in [0.2, 0.25) is 0 Å². The number of hydrogen-bond donors (Lipinski definition) is 0. The van der Waals surface area contributed by atoms with Crippen molar-refractivity contribution in [1.29, 1.82) is 0 Å². The number of hydrogen-bond acceptors (Lipinski definition) is 5. The van der Waals surface area contributed by atoms with Gasteiger partial charge in [0, 0.05) is 36.6 Å². The first-order chi connectivity index (χ1) is 38.0. The van der Waals surface area contributed by atoms with E-state index in [4.69, 9.17) is 24.7 Å². The quantitative estimate of drug-likeness (QED) is 0.0414. The van der Waals surface area contributed by atoms with E-state index in [1.54, 1.807) is 0 Å². The van der Waals surface area contributed by atoms with Crippen LogP contribution in [0, 0.1) is 11.8 Å². The van der Waals surface area contributed by atoms with Crippen molar-refractivity contribution in [2.45, 2.75) is 322 Å². The highest BCUT2D eigenvalue weighted by Gasteiger charge is 2.28. The van der Waals surface area contributed by atoms with Crippen molar-refractivity contribution in [3.05, 3.63) is 106 Å². The molecule has 2 aliphatic rings. The smallest absolute Gasteiger partial charge is 0.131 e. The van der Waals surface area contributed by atoms with E-state index in [0.717, 1.165) is 61.7 Å². The van der Waals surface area contributed by atoms with Crippen LogP contribution >= 0.6 is 0 Å². The van der Waals surface area contributed by atoms with Crippen molar-refractivity contribution < 1.29 is 4.74 Å². The Morgan fingerprint density at radius 3 is 0.896 bits per heavy atom. The second-order valence-electron chi connectivity index (χ2n) is 24.9. The zero-order valence-electron chi connectivity index (χ0n) is 50.4. The molecule has 2 fully saturated rings. The third-order valence-electron chi connectivity index (χ3n) is 18.1. The molecule has 4 aromatic rings. The van der Waals surface area contributed by atoms with Gasteiger partial charge in [-0.15, -0.1) is 0 Å². The minimum Gasteiger partial charge on any atom is -0.457 e. The van der Waals surface area contributed by atoms with Crippen LogP contribution in [0.4, 0.5) is 0 Å². The summed E-state index contributed by atoms with van der Waals surface area (Å²) in [5.41, 5.74) is 8.42. The lowest BCUT2D eigenvalue weighted by molar-refractivity contribution is 0.312. The van der Waals surface area contributed by atoms with Gasteiger partial charge in [0.2, 0.25) is 0 Å². The molecule has 0 atom stereocenters. The molecule has 2 aliphatic carbocycles. The molecule has 5 heteroatoms. The highest BCUT2D eigenvalue weighted by molar-refractivity contribution is 5.45. The van der Waals surface area contributed by atoms with Gasteiger partial charge in [-0.05, 0) is 173 Å². The van der Waals surface area contributed by atoms with Crippen molar-refractivity contribution in [1.82, 2.24) is 19.9 Å². The van der Waals surface area contributed by atoms with E-state index in [1.165, 1.54) is 277 Å². The van der Waals surface area contributed by atoms with E-state index in [2.05, 4.69) is 88.9 Å². The van der Waals surface area contributed by atoms with E-state index in [0.29, 0.717) is 23.7 Å². The lowest BCUT2D eigenvalue weighted by atomic mass is 9.78. The Labute approximate surface area is 474 Å². The molecule has 2 saturated carbocycles. The van der Waals surface area contributed by atoms with Gasteiger partial charge in [0.1, 0.15) is 23.1 Å². The standard InChI is InChI=1S/C72H114N4O/c1-5-9-13-17-21-25-29-33-37-63-55-73-71(74-56-63)65-45-39-61(40-46-65)53-67-51-59(35-31-27-23-19-15-11-7-3)43-49-69(67)77-70-50-44-60(36-32-28-24-20-16-12-8-4)52-68(70)54-62-41-47-66(48-42-62)72-75-57-64(58-76-72)38-34-30-26-22-18-14-10-6-2/h43-44,49-52,55-58,61-62,65-66H,5-42,45-48,53-54H2,1-4H3. The fourth-order valence-corrected chi connectivity index (χ4v) is 13.0. The molecule has 2 aromatic carbocycles. The Kier molecular flexibility index (Phi) is 31.6. The van der Waals surface area contributed by atoms with E-state index < -0.39 is 0 Å². The summed E-state index contributed by atoms with van der Waals surface area (Å²) in [6.45, 7) is 9.23. The zero-order chi connectivity index (χ0) is 53.8. The summed E-state index contributed by atoms with van der Waals surface area (Å²) in [6.07, 6.45) is 65.5. The first kappa shape index (κ1) is 62.6. The summed E-state index contributed by atoms with van der Waals surface area (Å²) in [4.78, 5) is 19.9. The Bertz CT molecular complexity index is 1930.